The predicted octanol–water partition coefficient (Wildman–Crippen LogP) is 5.92. The maximum Gasteiger partial charge on any atom is 0.300 e. The Balaban J connectivity index is 1.96. The first-order valence-corrected chi connectivity index (χ1v) is 13.2. The highest BCUT2D eigenvalue weighted by atomic mass is 16.5. The van der Waals surface area contributed by atoms with Gasteiger partial charge in [-0.05, 0) is 54.3 Å². The number of benzene rings is 3. The van der Waals surface area contributed by atoms with E-state index in [1.807, 2.05) is 70.1 Å². The molecule has 210 valence electrons. The number of ketones is 1. The number of aliphatic hydroxyl groups is 1. The summed E-state index contributed by atoms with van der Waals surface area (Å²) in [6.45, 7) is 6.48. The SMILES string of the molecule is CCOc1ccc(/C(O)=C2/C(=O)C(=O)N(c3cc(OC)cc(OC)c3)C2c2ccc(N(C)C)cc2)cc1C(C)C. The number of ether oxygens (including phenoxy) is 3. The molecule has 1 heterocycles. The fourth-order valence-electron chi connectivity index (χ4n) is 4.89. The van der Waals surface area contributed by atoms with Gasteiger partial charge in [0.25, 0.3) is 11.7 Å². The van der Waals surface area contributed by atoms with Gasteiger partial charge in [0.2, 0.25) is 0 Å². The minimum atomic E-state index is -0.887. The van der Waals surface area contributed by atoms with Crippen LogP contribution >= 0.6 is 0 Å². The smallest absolute Gasteiger partial charge is 0.300 e. The molecule has 1 aliphatic rings. The minimum Gasteiger partial charge on any atom is -0.507 e. The standard InChI is InChI=1S/C32H36N2O6/c1-8-40-27-14-11-21(15-26(27)19(2)3)30(35)28-29(20-9-12-22(13-10-20)33(4)5)34(32(37)31(28)36)23-16-24(38-6)18-25(17-23)39-7/h9-19,29,35H,8H2,1-7H3/b30-28-. The Morgan fingerprint density at radius 3 is 2.10 bits per heavy atom. The molecule has 0 spiro atoms. The molecule has 3 aromatic carbocycles. The van der Waals surface area contributed by atoms with E-state index in [4.69, 9.17) is 14.2 Å². The van der Waals surface area contributed by atoms with Gasteiger partial charge < -0.3 is 24.2 Å². The Labute approximate surface area is 235 Å². The van der Waals surface area contributed by atoms with Gasteiger partial charge in [-0.25, -0.2) is 0 Å². The number of aliphatic hydroxyl groups excluding tert-OH is 1. The second-order valence-corrected chi connectivity index (χ2v) is 10.1. The molecule has 1 amide bonds. The predicted molar refractivity (Wildman–Crippen MR) is 157 cm³/mol. The minimum absolute atomic E-state index is 0.00301. The number of amides is 1. The lowest BCUT2D eigenvalue weighted by atomic mass is 9.93. The molecule has 1 atom stereocenters. The molecule has 3 aromatic rings. The van der Waals surface area contributed by atoms with Gasteiger partial charge in [0.05, 0.1) is 38.1 Å². The quantitative estimate of drug-likeness (QED) is 0.203. The summed E-state index contributed by atoms with van der Waals surface area (Å²) in [5, 5.41) is 11.7. The van der Waals surface area contributed by atoms with Crippen molar-refractivity contribution >= 4 is 28.8 Å². The Bertz CT molecular complexity index is 1420. The van der Waals surface area contributed by atoms with Crippen molar-refractivity contribution in [2.45, 2.75) is 32.7 Å². The zero-order valence-electron chi connectivity index (χ0n) is 24.0. The second-order valence-electron chi connectivity index (χ2n) is 10.1. The summed E-state index contributed by atoms with van der Waals surface area (Å²) < 4.78 is 16.6. The van der Waals surface area contributed by atoms with Crippen LogP contribution in [0.1, 0.15) is 49.4 Å². The van der Waals surface area contributed by atoms with E-state index in [0.29, 0.717) is 40.7 Å². The number of hydrogen-bond acceptors (Lipinski definition) is 7. The van der Waals surface area contributed by atoms with Crippen LogP contribution in [0.4, 0.5) is 11.4 Å². The van der Waals surface area contributed by atoms with Crippen molar-refractivity contribution in [2.75, 3.05) is 44.7 Å². The summed E-state index contributed by atoms with van der Waals surface area (Å²) in [6, 6.07) is 17.0. The number of methoxy groups -OCH3 is 2. The molecule has 0 aromatic heterocycles. The van der Waals surface area contributed by atoms with E-state index >= 15 is 0 Å². The van der Waals surface area contributed by atoms with Crippen LogP contribution in [0.5, 0.6) is 17.2 Å². The lowest BCUT2D eigenvalue weighted by Gasteiger charge is -2.26. The van der Waals surface area contributed by atoms with Gasteiger partial charge in [-0.1, -0.05) is 26.0 Å². The number of hydrogen-bond donors (Lipinski definition) is 1. The molecule has 1 aliphatic heterocycles. The number of carbonyl (C=O) groups excluding carboxylic acids is 2. The lowest BCUT2D eigenvalue weighted by molar-refractivity contribution is -0.132. The fraction of sp³-hybridized carbons (Fsp3) is 0.312. The van der Waals surface area contributed by atoms with E-state index in [1.165, 1.54) is 19.1 Å². The molecule has 1 fully saturated rings. The second kappa shape index (κ2) is 11.7. The van der Waals surface area contributed by atoms with Gasteiger partial charge in [-0.2, -0.15) is 0 Å². The monoisotopic (exact) mass is 544 g/mol. The molecule has 8 nitrogen and oxygen atoms in total. The third-order valence-corrected chi connectivity index (χ3v) is 6.99. The summed E-state index contributed by atoms with van der Waals surface area (Å²) in [7, 11) is 6.90. The molecule has 1 saturated heterocycles. The highest BCUT2D eigenvalue weighted by Crippen LogP contribution is 2.44. The lowest BCUT2D eigenvalue weighted by Crippen LogP contribution is -2.29. The summed E-state index contributed by atoms with van der Waals surface area (Å²) in [5.74, 6) is -0.0296. The molecule has 4 rings (SSSR count). The molecule has 0 radical (unpaired) electrons. The van der Waals surface area contributed by atoms with E-state index in [-0.39, 0.29) is 17.3 Å². The average Bonchev–Trinajstić information content (AvgIpc) is 3.22. The molecule has 8 heteroatoms. The van der Waals surface area contributed by atoms with E-state index < -0.39 is 17.7 Å². The molecule has 0 aliphatic carbocycles. The molecule has 1 unspecified atom stereocenters. The Morgan fingerprint density at radius 2 is 1.57 bits per heavy atom. The van der Waals surface area contributed by atoms with Gasteiger partial charge in [0.1, 0.15) is 23.0 Å². The van der Waals surface area contributed by atoms with Crippen molar-refractivity contribution in [2.24, 2.45) is 0 Å². The Morgan fingerprint density at radius 1 is 0.950 bits per heavy atom. The Kier molecular flexibility index (Phi) is 8.38. The van der Waals surface area contributed by atoms with Crippen LogP contribution in [0.15, 0.2) is 66.2 Å². The topological polar surface area (TPSA) is 88.5 Å². The van der Waals surface area contributed by atoms with E-state index in [1.54, 1.807) is 30.3 Å². The average molecular weight is 545 g/mol. The zero-order valence-corrected chi connectivity index (χ0v) is 24.0. The third-order valence-electron chi connectivity index (χ3n) is 6.99. The van der Waals surface area contributed by atoms with Crippen LogP contribution in [0.2, 0.25) is 0 Å². The van der Waals surface area contributed by atoms with Crippen LogP contribution in [0, 0.1) is 0 Å². The number of Topliss-reactive ketones (excluding diaryl/α,β-unsaturated/α-hetero) is 1. The van der Waals surface area contributed by atoms with Crippen LogP contribution in [0.25, 0.3) is 5.76 Å². The van der Waals surface area contributed by atoms with Crippen LogP contribution in [-0.4, -0.2) is 51.7 Å². The van der Waals surface area contributed by atoms with Gasteiger partial charge in [0, 0.05) is 43.5 Å². The highest BCUT2D eigenvalue weighted by molar-refractivity contribution is 6.51. The number of nitrogens with zero attached hydrogens (tertiary/aromatic N) is 2. The van der Waals surface area contributed by atoms with Gasteiger partial charge in [-0.15, -0.1) is 0 Å². The van der Waals surface area contributed by atoms with Crippen LogP contribution in [-0.2, 0) is 9.59 Å². The van der Waals surface area contributed by atoms with Crippen LogP contribution < -0.4 is 24.0 Å². The van der Waals surface area contributed by atoms with Crippen LogP contribution in [0.3, 0.4) is 0 Å². The van der Waals surface area contributed by atoms with Crippen molar-refractivity contribution in [1.82, 2.24) is 0 Å². The molecular formula is C32H36N2O6. The fourth-order valence-corrected chi connectivity index (χ4v) is 4.89. The van der Waals surface area contributed by atoms with E-state index in [9.17, 15) is 14.7 Å². The first-order valence-electron chi connectivity index (χ1n) is 13.2. The van der Waals surface area contributed by atoms with E-state index in [0.717, 1.165) is 11.3 Å². The van der Waals surface area contributed by atoms with Crippen molar-refractivity contribution in [3.8, 4) is 17.2 Å². The third kappa shape index (κ3) is 5.34. The highest BCUT2D eigenvalue weighted by Gasteiger charge is 2.47. The summed E-state index contributed by atoms with van der Waals surface area (Å²) >= 11 is 0. The van der Waals surface area contributed by atoms with Gasteiger partial charge in [0.15, 0.2) is 0 Å². The van der Waals surface area contributed by atoms with Crippen molar-refractivity contribution in [1.29, 1.82) is 0 Å². The van der Waals surface area contributed by atoms with E-state index in [2.05, 4.69) is 0 Å². The normalized spacial score (nSPS) is 16.4. The Hall–Kier alpha value is -4.46. The maximum atomic E-state index is 13.7. The first kappa shape index (κ1) is 28.5. The number of carbonyl (C=O) groups is 2. The molecular weight excluding hydrogens is 508 g/mol. The summed E-state index contributed by atoms with van der Waals surface area (Å²) in [4.78, 5) is 30.7. The van der Waals surface area contributed by atoms with Gasteiger partial charge >= 0.3 is 0 Å². The van der Waals surface area contributed by atoms with Gasteiger partial charge in [-0.3, -0.25) is 14.5 Å². The van der Waals surface area contributed by atoms with Crippen molar-refractivity contribution in [3.05, 3.63) is 82.9 Å². The molecule has 0 saturated carbocycles. The molecule has 40 heavy (non-hydrogen) atoms. The number of anilines is 2. The number of rotatable bonds is 9. The van der Waals surface area contributed by atoms with Crippen molar-refractivity contribution < 1.29 is 28.9 Å². The molecule has 0 bridgehead atoms. The summed E-state index contributed by atoms with van der Waals surface area (Å²) in [6.07, 6.45) is 0. The summed E-state index contributed by atoms with van der Waals surface area (Å²) in [5.41, 5.74) is 3.37. The largest absolute Gasteiger partial charge is 0.507 e. The maximum absolute atomic E-state index is 13.7. The first-order chi connectivity index (χ1) is 19.1. The zero-order chi connectivity index (χ0) is 29.1. The molecule has 1 N–H and O–H groups in total. The van der Waals surface area contributed by atoms with Crippen molar-refractivity contribution in [3.63, 3.8) is 0 Å².